The molecule has 1 fully saturated rings. The van der Waals surface area contributed by atoms with E-state index in [0.29, 0.717) is 12.2 Å². The summed E-state index contributed by atoms with van der Waals surface area (Å²) in [5.41, 5.74) is 7.30. The molecular formula is C18H20FN3O3. The second-order valence-electron chi connectivity index (χ2n) is 6.10. The Balaban J connectivity index is 1.69. The molecule has 1 aromatic carbocycles. The predicted molar refractivity (Wildman–Crippen MR) is 90.4 cm³/mol. The van der Waals surface area contributed by atoms with Crippen LogP contribution in [0, 0.1) is 5.82 Å². The third-order valence-corrected chi connectivity index (χ3v) is 4.54. The highest BCUT2D eigenvalue weighted by Crippen LogP contribution is 2.23. The van der Waals surface area contributed by atoms with Crippen LogP contribution in [0.25, 0.3) is 11.3 Å². The van der Waals surface area contributed by atoms with Gasteiger partial charge in [-0.2, -0.15) is 0 Å². The summed E-state index contributed by atoms with van der Waals surface area (Å²) < 4.78 is 20.1. The molecule has 1 aliphatic heterocycles. The van der Waals surface area contributed by atoms with E-state index in [9.17, 15) is 14.0 Å². The topological polar surface area (TPSA) is 77.6 Å². The average molecular weight is 345 g/mol. The number of primary amides is 1. The lowest BCUT2D eigenvalue weighted by molar-refractivity contribution is 0.0411. The third kappa shape index (κ3) is 3.50. The molecular weight excluding hydrogens is 325 g/mol. The molecule has 0 spiro atoms. The zero-order valence-electron chi connectivity index (χ0n) is 13.9. The lowest BCUT2D eigenvalue weighted by Crippen LogP contribution is -2.42. The summed E-state index contributed by atoms with van der Waals surface area (Å²) in [6, 6.07) is 8.86. The molecule has 0 unspecified atom stereocenters. The van der Waals surface area contributed by atoms with Gasteiger partial charge in [0.2, 0.25) is 0 Å². The molecule has 2 N–H and O–H groups in total. The van der Waals surface area contributed by atoms with Crippen LogP contribution in [0.5, 0.6) is 0 Å². The van der Waals surface area contributed by atoms with E-state index in [-0.39, 0.29) is 18.5 Å². The van der Waals surface area contributed by atoms with E-state index in [1.54, 1.807) is 35.9 Å². The van der Waals surface area contributed by atoms with Gasteiger partial charge in [-0.1, -0.05) is 0 Å². The number of carbonyl (C=O) groups is 2. The summed E-state index contributed by atoms with van der Waals surface area (Å²) in [5, 5.41) is 0. The minimum Gasteiger partial charge on any atom is -0.459 e. The largest absolute Gasteiger partial charge is 0.459 e. The van der Waals surface area contributed by atoms with Gasteiger partial charge in [0, 0.05) is 19.3 Å². The van der Waals surface area contributed by atoms with Crippen LogP contribution in [0.3, 0.4) is 0 Å². The number of ether oxygens (including phenoxy) is 1. The van der Waals surface area contributed by atoms with E-state index in [1.165, 1.54) is 17.0 Å². The number of hydrogen-bond donors (Lipinski definition) is 1. The first-order chi connectivity index (χ1) is 12.0. The van der Waals surface area contributed by atoms with Crippen molar-refractivity contribution >= 4 is 12.0 Å². The lowest BCUT2D eigenvalue weighted by atomic mass is 10.1. The summed E-state index contributed by atoms with van der Waals surface area (Å²) in [6.07, 6.45) is 1.62. The molecule has 25 heavy (non-hydrogen) atoms. The fourth-order valence-corrected chi connectivity index (χ4v) is 3.17. The van der Waals surface area contributed by atoms with Gasteiger partial charge in [-0.3, -0.25) is 0 Å². The highest BCUT2D eigenvalue weighted by molar-refractivity contribution is 5.89. The molecule has 2 heterocycles. The number of likely N-dealkylation sites (tertiary alicyclic amines) is 1. The van der Waals surface area contributed by atoms with E-state index in [1.807, 2.05) is 0 Å². The van der Waals surface area contributed by atoms with Gasteiger partial charge in [-0.15, -0.1) is 0 Å². The monoisotopic (exact) mass is 345 g/mol. The molecule has 132 valence electrons. The summed E-state index contributed by atoms with van der Waals surface area (Å²) in [4.78, 5) is 25.2. The number of nitrogens with zero attached hydrogens (tertiary/aromatic N) is 2. The van der Waals surface area contributed by atoms with Crippen LogP contribution in [0.1, 0.15) is 23.3 Å². The number of rotatable bonds is 4. The number of halogens is 1. The fourth-order valence-electron chi connectivity index (χ4n) is 3.17. The summed E-state index contributed by atoms with van der Waals surface area (Å²) >= 11 is 0. The first kappa shape index (κ1) is 17.0. The molecule has 2 amide bonds. The second kappa shape index (κ2) is 6.96. The number of carbonyl (C=O) groups excluding carboxylic acids is 2. The van der Waals surface area contributed by atoms with Crippen molar-refractivity contribution in [3.8, 4) is 11.3 Å². The Hall–Kier alpha value is -2.83. The molecule has 7 heteroatoms. The molecule has 1 aliphatic rings. The Bertz CT molecular complexity index is 785. The standard InChI is InChI=1S/C18H20FN3O3/c1-21-15(12-4-6-13(19)7-5-12)8-9-16(21)17(23)25-11-14-3-2-10-22(14)18(20)24/h4-9,14H,2-3,10-11H2,1H3,(H2,20,24)/t14-/m0/s1. The van der Waals surface area contributed by atoms with Crippen LogP contribution in [0.2, 0.25) is 0 Å². The maximum absolute atomic E-state index is 13.1. The Kier molecular flexibility index (Phi) is 4.74. The predicted octanol–water partition coefficient (Wildman–Crippen LogP) is 2.53. The number of nitrogens with two attached hydrogens (primary N) is 1. The van der Waals surface area contributed by atoms with Crippen LogP contribution in [0.15, 0.2) is 36.4 Å². The molecule has 3 rings (SSSR count). The van der Waals surface area contributed by atoms with Gasteiger partial charge in [0.25, 0.3) is 0 Å². The van der Waals surface area contributed by atoms with Crippen molar-refractivity contribution in [2.75, 3.05) is 13.2 Å². The van der Waals surface area contributed by atoms with E-state index in [2.05, 4.69) is 0 Å². The molecule has 0 aliphatic carbocycles. The van der Waals surface area contributed by atoms with Gasteiger partial charge >= 0.3 is 12.0 Å². The molecule has 1 atom stereocenters. The van der Waals surface area contributed by atoms with Crippen LogP contribution < -0.4 is 5.73 Å². The molecule has 1 saturated heterocycles. The van der Waals surface area contributed by atoms with Crippen molar-refractivity contribution in [3.63, 3.8) is 0 Å². The smallest absolute Gasteiger partial charge is 0.355 e. The first-order valence-electron chi connectivity index (χ1n) is 8.12. The molecule has 1 aromatic heterocycles. The van der Waals surface area contributed by atoms with Gasteiger partial charge in [-0.05, 0) is 54.8 Å². The van der Waals surface area contributed by atoms with Crippen molar-refractivity contribution in [1.29, 1.82) is 0 Å². The van der Waals surface area contributed by atoms with Crippen molar-refractivity contribution < 1.29 is 18.7 Å². The van der Waals surface area contributed by atoms with Gasteiger partial charge in [0.05, 0.1) is 6.04 Å². The number of aromatic nitrogens is 1. The van der Waals surface area contributed by atoms with Gasteiger partial charge < -0.3 is 19.9 Å². The van der Waals surface area contributed by atoms with Crippen molar-refractivity contribution in [3.05, 3.63) is 47.9 Å². The van der Waals surface area contributed by atoms with Crippen molar-refractivity contribution in [1.82, 2.24) is 9.47 Å². The van der Waals surface area contributed by atoms with Crippen molar-refractivity contribution in [2.45, 2.75) is 18.9 Å². The molecule has 0 saturated carbocycles. The minimum absolute atomic E-state index is 0.124. The van der Waals surface area contributed by atoms with Crippen LogP contribution in [-0.4, -0.2) is 40.7 Å². The van der Waals surface area contributed by atoms with Crippen LogP contribution >= 0.6 is 0 Å². The Morgan fingerprint density at radius 1 is 1.24 bits per heavy atom. The Labute approximate surface area is 145 Å². The average Bonchev–Trinajstić information content (AvgIpc) is 3.20. The normalized spacial score (nSPS) is 16.9. The number of esters is 1. The van der Waals surface area contributed by atoms with Gasteiger partial charge in [-0.25, -0.2) is 14.0 Å². The quantitative estimate of drug-likeness (QED) is 0.865. The van der Waals surface area contributed by atoms with E-state index in [4.69, 9.17) is 10.5 Å². The summed E-state index contributed by atoms with van der Waals surface area (Å²) in [5.74, 6) is -0.777. The zero-order valence-corrected chi connectivity index (χ0v) is 13.9. The highest BCUT2D eigenvalue weighted by Gasteiger charge is 2.28. The maximum Gasteiger partial charge on any atom is 0.355 e. The molecule has 6 nitrogen and oxygen atoms in total. The van der Waals surface area contributed by atoms with Crippen LogP contribution in [0.4, 0.5) is 9.18 Å². The number of hydrogen-bond acceptors (Lipinski definition) is 3. The van der Waals surface area contributed by atoms with E-state index >= 15 is 0 Å². The van der Waals surface area contributed by atoms with Crippen molar-refractivity contribution in [2.24, 2.45) is 12.8 Å². The fraction of sp³-hybridized carbons (Fsp3) is 0.333. The SMILES string of the molecule is Cn1c(C(=O)OC[C@@H]2CCCN2C(N)=O)ccc1-c1ccc(F)cc1. The number of benzene rings is 1. The maximum atomic E-state index is 13.1. The van der Waals surface area contributed by atoms with Gasteiger partial charge in [0.1, 0.15) is 18.1 Å². The van der Waals surface area contributed by atoms with Gasteiger partial charge in [0.15, 0.2) is 0 Å². The number of amides is 2. The molecule has 0 radical (unpaired) electrons. The van der Waals surface area contributed by atoms with Crippen LogP contribution in [-0.2, 0) is 11.8 Å². The van der Waals surface area contributed by atoms with E-state index < -0.39 is 12.0 Å². The second-order valence-corrected chi connectivity index (χ2v) is 6.10. The first-order valence-corrected chi connectivity index (χ1v) is 8.12. The Morgan fingerprint density at radius 2 is 1.96 bits per heavy atom. The third-order valence-electron chi connectivity index (χ3n) is 4.54. The van der Waals surface area contributed by atoms with E-state index in [0.717, 1.165) is 24.1 Å². The number of urea groups is 1. The zero-order chi connectivity index (χ0) is 18.0. The minimum atomic E-state index is -0.490. The summed E-state index contributed by atoms with van der Waals surface area (Å²) in [7, 11) is 1.75. The lowest BCUT2D eigenvalue weighted by Gasteiger charge is -2.22. The Morgan fingerprint density at radius 3 is 2.64 bits per heavy atom. The summed E-state index contributed by atoms with van der Waals surface area (Å²) in [6.45, 7) is 0.718. The highest BCUT2D eigenvalue weighted by atomic mass is 19.1. The molecule has 2 aromatic rings. The molecule has 0 bridgehead atoms.